The molecule has 1 aromatic carbocycles. The number of carbonyl (C=O) groups excluding carboxylic acids is 2. The number of rotatable bonds is 5. The number of piperidine rings is 1. The molecule has 2 aliphatic rings. The second-order valence-electron chi connectivity index (χ2n) is 7.15. The van der Waals surface area contributed by atoms with Crippen LogP contribution in [-0.2, 0) is 26.2 Å². The summed E-state index contributed by atoms with van der Waals surface area (Å²) in [6.07, 6.45) is 2.61. The maximum absolute atomic E-state index is 12.7. The van der Waals surface area contributed by atoms with Crippen molar-refractivity contribution in [2.45, 2.75) is 31.8 Å². The highest BCUT2D eigenvalue weighted by Gasteiger charge is 2.37. The lowest BCUT2D eigenvalue weighted by molar-refractivity contribution is -0.136. The van der Waals surface area contributed by atoms with Crippen molar-refractivity contribution in [1.29, 1.82) is 0 Å². The summed E-state index contributed by atoms with van der Waals surface area (Å²) >= 11 is 0. The molecule has 0 aromatic heterocycles. The Balaban J connectivity index is 1.52. The fraction of sp³-hybridized carbons (Fsp3) is 0.556. The fourth-order valence-electron chi connectivity index (χ4n) is 3.67. The van der Waals surface area contributed by atoms with Gasteiger partial charge in [0.2, 0.25) is 21.8 Å². The smallest absolute Gasteiger partial charge is 0.227 e. The van der Waals surface area contributed by atoms with Crippen molar-refractivity contribution in [3.05, 3.63) is 35.9 Å². The van der Waals surface area contributed by atoms with Gasteiger partial charge in [-0.1, -0.05) is 30.3 Å². The molecule has 0 aliphatic carbocycles. The minimum atomic E-state index is -3.23. The first kappa shape index (κ1) is 18.8. The monoisotopic (exact) mass is 379 g/mol. The topological polar surface area (TPSA) is 86.8 Å². The van der Waals surface area contributed by atoms with Gasteiger partial charge in [-0.2, -0.15) is 0 Å². The molecule has 0 bridgehead atoms. The molecule has 0 spiro atoms. The molecule has 7 nitrogen and oxygen atoms in total. The Kier molecular flexibility index (Phi) is 5.62. The van der Waals surface area contributed by atoms with Gasteiger partial charge in [-0.25, -0.2) is 13.1 Å². The van der Waals surface area contributed by atoms with Gasteiger partial charge in [-0.3, -0.25) is 9.59 Å². The van der Waals surface area contributed by atoms with E-state index in [1.54, 1.807) is 9.80 Å². The van der Waals surface area contributed by atoms with E-state index in [2.05, 4.69) is 4.72 Å². The summed E-state index contributed by atoms with van der Waals surface area (Å²) in [6.45, 7) is 2.03. The van der Waals surface area contributed by atoms with Gasteiger partial charge in [0.05, 0.1) is 12.2 Å². The summed E-state index contributed by atoms with van der Waals surface area (Å²) in [5, 5.41) is 0. The average Bonchev–Trinajstić information content (AvgIpc) is 2.95. The predicted octanol–water partition coefficient (Wildman–Crippen LogP) is 0.575. The Morgan fingerprint density at radius 3 is 2.46 bits per heavy atom. The van der Waals surface area contributed by atoms with Crippen LogP contribution < -0.4 is 4.72 Å². The Bertz CT molecular complexity index is 758. The van der Waals surface area contributed by atoms with Crippen LogP contribution >= 0.6 is 0 Å². The zero-order valence-corrected chi connectivity index (χ0v) is 15.7. The van der Waals surface area contributed by atoms with Crippen molar-refractivity contribution < 1.29 is 18.0 Å². The molecular weight excluding hydrogens is 354 g/mol. The van der Waals surface area contributed by atoms with E-state index in [9.17, 15) is 18.0 Å². The van der Waals surface area contributed by atoms with Gasteiger partial charge < -0.3 is 9.80 Å². The van der Waals surface area contributed by atoms with Crippen LogP contribution in [0.3, 0.4) is 0 Å². The van der Waals surface area contributed by atoms with Crippen LogP contribution in [0.2, 0.25) is 0 Å². The Labute approximate surface area is 154 Å². The minimum absolute atomic E-state index is 0.00622. The average molecular weight is 379 g/mol. The van der Waals surface area contributed by atoms with Gasteiger partial charge >= 0.3 is 0 Å². The standard InChI is InChI=1S/C18H25N3O4S/c1-26(24,25)19-16-7-9-20(10-8-16)18(23)15-11-17(22)21(13-15)12-14-5-3-2-4-6-14/h2-6,15-16,19H,7-13H2,1H3. The second kappa shape index (κ2) is 7.75. The lowest BCUT2D eigenvalue weighted by atomic mass is 10.0. The van der Waals surface area contributed by atoms with E-state index in [0.717, 1.165) is 11.8 Å². The maximum Gasteiger partial charge on any atom is 0.227 e. The molecule has 26 heavy (non-hydrogen) atoms. The summed E-state index contributed by atoms with van der Waals surface area (Å²) in [5.41, 5.74) is 1.06. The quantitative estimate of drug-likeness (QED) is 0.811. The highest BCUT2D eigenvalue weighted by atomic mass is 32.2. The first-order valence-electron chi connectivity index (χ1n) is 8.89. The molecule has 2 heterocycles. The molecule has 2 saturated heterocycles. The largest absolute Gasteiger partial charge is 0.342 e. The molecular formula is C18H25N3O4S. The van der Waals surface area contributed by atoms with Crippen molar-refractivity contribution >= 4 is 21.8 Å². The van der Waals surface area contributed by atoms with E-state index in [4.69, 9.17) is 0 Å². The normalized spacial score (nSPS) is 22.0. The summed E-state index contributed by atoms with van der Waals surface area (Å²) in [4.78, 5) is 28.5. The second-order valence-corrected chi connectivity index (χ2v) is 8.93. The molecule has 1 atom stereocenters. The van der Waals surface area contributed by atoms with E-state index < -0.39 is 10.0 Å². The molecule has 2 amide bonds. The van der Waals surface area contributed by atoms with Crippen molar-refractivity contribution in [3.8, 4) is 0 Å². The van der Waals surface area contributed by atoms with Gasteiger partial charge in [-0.15, -0.1) is 0 Å². The fourth-order valence-corrected chi connectivity index (χ4v) is 4.51. The summed E-state index contributed by atoms with van der Waals surface area (Å²) in [5.74, 6) is -0.279. The number of benzene rings is 1. The van der Waals surface area contributed by atoms with Crippen LogP contribution in [0, 0.1) is 5.92 Å². The third kappa shape index (κ3) is 4.82. The summed E-state index contributed by atoms with van der Waals surface area (Å²) in [6, 6.07) is 9.64. The van der Waals surface area contributed by atoms with E-state index in [1.165, 1.54) is 0 Å². The van der Waals surface area contributed by atoms with Crippen LogP contribution in [0.5, 0.6) is 0 Å². The highest BCUT2D eigenvalue weighted by Crippen LogP contribution is 2.24. The zero-order valence-electron chi connectivity index (χ0n) is 14.9. The lowest BCUT2D eigenvalue weighted by Crippen LogP contribution is -2.48. The maximum atomic E-state index is 12.7. The lowest BCUT2D eigenvalue weighted by Gasteiger charge is -2.33. The zero-order chi connectivity index (χ0) is 18.7. The van der Waals surface area contributed by atoms with Crippen LogP contribution in [0.1, 0.15) is 24.8 Å². The summed E-state index contributed by atoms with van der Waals surface area (Å²) < 4.78 is 25.2. The van der Waals surface area contributed by atoms with E-state index >= 15 is 0 Å². The van der Waals surface area contributed by atoms with E-state index in [0.29, 0.717) is 39.0 Å². The molecule has 2 fully saturated rings. The molecule has 1 unspecified atom stereocenters. The number of carbonyl (C=O) groups is 2. The number of nitrogens with one attached hydrogen (secondary N) is 1. The number of likely N-dealkylation sites (tertiary alicyclic amines) is 2. The molecule has 0 saturated carbocycles. The Morgan fingerprint density at radius 1 is 1.19 bits per heavy atom. The van der Waals surface area contributed by atoms with Gasteiger partial charge in [0.15, 0.2) is 0 Å². The third-order valence-electron chi connectivity index (χ3n) is 4.97. The number of amides is 2. The van der Waals surface area contributed by atoms with Crippen molar-refractivity contribution in [3.63, 3.8) is 0 Å². The van der Waals surface area contributed by atoms with Gasteiger partial charge in [-0.05, 0) is 18.4 Å². The SMILES string of the molecule is CS(=O)(=O)NC1CCN(C(=O)C2CC(=O)N(Cc3ccccc3)C2)CC1. The third-order valence-corrected chi connectivity index (χ3v) is 5.73. The molecule has 8 heteroatoms. The number of nitrogens with zero attached hydrogens (tertiary/aromatic N) is 2. The van der Waals surface area contributed by atoms with Gasteiger partial charge in [0.1, 0.15) is 0 Å². The van der Waals surface area contributed by atoms with E-state index in [1.807, 2.05) is 30.3 Å². The summed E-state index contributed by atoms with van der Waals surface area (Å²) in [7, 11) is -3.23. The molecule has 142 valence electrons. The Hall–Kier alpha value is -1.93. The van der Waals surface area contributed by atoms with Crippen molar-refractivity contribution in [2.24, 2.45) is 5.92 Å². The number of hydrogen-bond donors (Lipinski definition) is 1. The highest BCUT2D eigenvalue weighted by molar-refractivity contribution is 7.88. The molecule has 2 aliphatic heterocycles. The van der Waals surface area contributed by atoms with Gasteiger partial charge in [0.25, 0.3) is 0 Å². The van der Waals surface area contributed by atoms with Crippen LogP contribution in [0.4, 0.5) is 0 Å². The van der Waals surface area contributed by atoms with Crippen molar-refractivity contribution in [1.82, 2.24) is 14.5 Å². The minimum Gasteiger partial charge on any atom is -0.342 e. The first-order chi connectivity index (χ1) is 12.3. The number of sulfonamides is 1. The van der Waals surface area contributed by atoms with Crippen LogP contribution in [-0.4, -0.2) is 62.0 Å². The molecule has 0 radical (unpaired) electrons. The van der Waals surface area contributed by atoms with Gasteiger partial charge in [0, 0.05) is 38.6 Å². The predicted molar refractivity (Wildman–Crippen MR) is 97.5 cm³/mol. The molecule has 1 N–H and O–H groups in total. The van der Waals surface area contributed by atoms with E-state index in [-0.39, 0.29) is 30.2 Å². The molecule has 1 aromatic rings. The van der Waals surface area contributed by atoms with Crippen molar-refractivity contribution in [2.75, 3.05) is 25.9 Å². The molecule has 3 rings (SSSR count). The van der Waals surface area contributed by atoms with Crippen LogP contribution in [0.25, 0.3) is 0 Å². The Morgan fingerprint density at radius 2 is 1.85 bits per heavy atom. The first-order valence-corrected chi connectivity index (χ1v) is 10.8. The number of hydrogen-bond acceptors (Lipinski definition) is 4. The van der Waals surface area contributed by atoms with Crippen LogP contribution in [0.15, 0.2) is 30.3 Å².